The van der Waals surface area contributed by atoms with Gasteiger partial charge < -0.3 is 10.0 Å². The Morgan fingerprint density at radius 1 is 1.20 bits per heavy atom. The first-order valence-electron chi connectivity index (χ1n) is 6.38. The van der Waals surface area contributed by atoms with Gasteiger partial charge in [0.15, 0.2) is 0 Å². The Balaban J connectivity index is 2.43. The maximum atomic E-state index is 11.3. The number of carbonyl (C=O) groups is 1. The molecular weight excluding hydrogens is 274 g/mol. The summed E-state index contributed by atoms with van der Waals surface area (Å²) < 4.78 is 0. The van der Waals surface area contributed by atoms with E-state index in [1.54, 1.807) is 12.1 Å². The van der Waals surface area contributed by atoms with Crippen molar-refractivity contribution in [2.24, 2.45) is 0 Å². The Morgan fingerprint density at radius 3 is 2.40 bits per heavy atom. The summed E-state index contributed by atoms with van der Waals surface area (Å²) in [5.41, 5.74) is 2.98. The third-order valence-electron chi connectivity index (χ3n) is 3.28. The van der Waals surface area contributed by atoms with Gasteiger partial charge in [0.05, 0.1) is 11.3 Å². The van der Waals surface area contributed by atoms with Gasteiger partial charge in [-0.25, -0.2) is 4.79 Å². The molecule has 2 aromatic carbocycles. The maximum absolute atomic E-state index is 11.3. The molecule has 0 saturated heterocycles. The highest BCUT2D eigenvalue weighted by Crippen LogP contribution is 2.30. The SMILES string of the molecule is CCc1ccc(N(C)c2cc(Cl)ccc2C(=O)O)cc1. The highest BCUT2D eigenvalue weighted by atomic mass is 35.5. The average molecular weight is 290 g/mol. The Bertz CT molecular complexity index is 623. The topological polar surface area (TPSA) is 40.5 Å². The fraction of sp³-hybridized carbons (Fsp3) is 0.188. The van der Waals surface area contributed by atoms with Gasteiger partial charge in [-0.15, -0.1) is 0 Å². The summed E-state index contributed by atoms with van der Waals surface area (Å²) in [4.78, 5) is 13.1. The normalized spacial score (nSPS) is 10.3. The lowest BCUT2D eigenvalue weighted by molar-refractivity contribution is 0.0697. The number of carboxylic acid groups (broad SMARTS) is 1. The molecule has 0 aromatic heterocycles. The van der Waals surface area contributed by atoms with E-state index in [2.05, 4.69) is 6.92 Å². The van der Waals surface area contributed by atoms with E-state index in [1.807, 2.05) is 36.2 Å². The molecule has 104 valence electrons. The quantitative estimate of drug-likeness (QED) is 0.908. The molecule has 1 N–H and O–H groups in total. The molecule has 0 aliphatic rings. The van der Waals surface area contributed by atoms with E-state index < -0.39 is 5.97 Å². The van der Waals surface area contributed by atoms with Crippen molar-refractivity contribution < 1.29 is 9.90 Å². The van der Waals surface area contributed by atoms with Crippen molar-refractivity contribution >= 4 is 28.9 Å². The van der Waals surface area contributed by atoms with Crippen LogP contribution < -0.4 is 4.90 Å². The summed E-state index contributed by atoms with van der Waals surface area (Å²) in [6, 6.07) is 12.8. The summed E-state index contributed by atoms with van der Waals surface area (Å²) in [6.07, 6.45) is 0.974. The highest BCUT2D eigenvalue weighted by Gasteiger charge is 2.15. The predicted octanol–water partition coefficient (Wildman–Crippen LogP) is 4.37. The molecule has 0 heterocycles. The fourth-order valence-electron chi connectivity index (χ4n) is 2.06. The average Bonchev–Trinajstić information content (AvgIpc) is 2.46. The summed E-state index contributed by atoms with van der Waals surface area (Å²) in [5, 5.41) is 9.78. The molecule has 0 atom stereocenters. The summed E-state index contributed by atoms with van der Waals surface area (Å²) >= 11 is 5.98. The number of benzene rings is 2. The first kappa shape index (κ1) is 14.4. The monoisotopic (exact) mass is 289 g/mol. The Morgan fingerprint density at radius 2 is 1.85 bits per heavy atom. The molecule has 0 saturated carbocycles. The largest absolute Gasteiger partial charge is 0.478 e. The van der Waals surface area contributed by atoms with Gasteiger partial charge in [-0.3, -0.25) is 0 Å². The first-order valence-corrected chi connectivity index (χ1v) is 6.76. The second kappa shape index (κ2) is 5.97. The van der Waals surface area contributed by atoms with Gasteiger partial charge >= 0.3 is 5.97 Å². The zero-order chi connectivity index (χ0) is 14.7. The molecule has 0 spiro atoms. The summed E-state index contributed by atoms with van der Waals surface area (Å²) in [6.45, 7) is 2.10. The van der Waals surface area contributed by atoms with Crippen molar-refractivity contribution in [2.45, 2.75) is 13.3 Å². The predicted molar refractivity (Wildman–Crippen MR) is 82.3 cm³/mol. The zero-order valence-electron chi connectivity index (χ0n) is 11.4. The van der Waals surface area contributed by atoms with E-state index >= 15 is 0 Å². The van der Waals surface area contributed by atoms with Crippen LogP contribution in [0, 0.1) is 0 Å². The Labute approximate surface area is 123 Å². The minimum absolute atomic E-state index is 0.233. The van der Waals surface area contributed by atoms with Gasteiger partial charge in [0.25, 0.3) is 0 Å². The minimum atomic E-state index is -0.964. The van der Waals surface area contributed by atoms with E-state index in [0.717, 1.165) is 12.1 Å². The number of anilines is 2. The van der Waals surface area contributed by atoms with Crippen molar-refractivity contribution in [1.29, 1.82) is 0 Å². The first-order chi connectivity index (χ1) is 9.52. The van der Waals surface area contributed by atoms with Crippen LogP contribution in [0.25, 0.3) is 0 Å². The highest BCUT2D eigenvalue weighted by molar-refractivity contribution is 6.31. The molecule has 0 bridgehead atoms. The number of halogens is 1. The number of aromatic carboxylic acids is 1. The van der Waals surface area contributed by atoms with Crippen LogP contribution in [0.2, 0.25) is 5.02 Å². The molecule has 20 heavy (non-hydrogen) atoms. The van der Waals surface area contributed by atoms with Gasteiger partial charge in [-0.05, 0) is 42.3 Å². The molecule has 0 radical (unpaired) electrons. The number of hydrogen-bond donors (Lipinski definition) is 1. The second-order valence-corrected chi connectivity index (χ2v) is 4.98. The summed E-state index contributed by atoms with van der Waals surface area (Å²) in [7, 11) is 1.83. The number of nitrogens with zero attached hydrogens (tertiary/aromatic N) is 1. The van der Waals surface area contributed by atoms with Crippen molar-refractivity contribution in [3.8, 4) is 0 Å². The number of rotatable bonds is 4. The van der Waals surface area contributed by atoms with E-state index in [1.165, 1.54) is 11.6 Å². The molecule has 0 aliphatic carbocycles. The second-order valence-electron chi connectivity index (χ2n) is 4.55. The third kappa shape index (κ3) is 2.94. The third-order valence-corrected chi connectivity index (χ3v) is 3.52. The lowest BCUT2D eigenvalue weighted by Gasteiger charge is -2.22. The molecule has 3 nitrogen and oxygen atoms in total. The lowest BCUT2D eigenvalue weighted by atomic mass is 10.1. The summed E-state index contributed by atoms with van der Waals surface area (Å²) in [5.74, 6) is -0.964. The number of aryl methyl sites for hydroxylation is 1. The van der Waals surface area contributed by atoms with E-state index in [0.29, 0.717) is 10.7 Å². The van der Waals surface area contributed by atoms with Crippen LogP contribution >= 0.6 is 11.6 Å². The van der Waals surface area contributed by atoms with Gasteiger partial charge in [0.2, 0.25) is 0 Å². The van der Waals surface area contributed by atoms with Crippen LogP contribution in [0.4, 0.5) is 11.4 Å². The number of carboxylic acids is 1. The number of hydrogen-bond acceptors (Lipinski definition) is 2. The smallest absolute Gasteiger partial charge is 0.337 e. The molecule has 0 amide bonds. The fourth-order valence-corrected chi connectivity index (χ4v) is 2.22. The Hall–Kier alpha value is -2.00. The molecule has 0 fully saturated rings. The van der Waals surface area contributed by atoms with Crippen molar-refractivity contribution in [2.75, 3.05) is 11.9 Å². The molecule has 2 rings (SSSR count). The molecule has 2 aromatic rings. The van der Waals surface area contributed by atoms with Crippen LogP contribution in [0.5, 0.6) is 0 Å². The molecular formula is C16H16ClNO2. The van der Waals surface area contributed by atoms with Crippen LogP contribution in [0.15, 0.2) is 42.5 Å². The lowest BCUT2D eigenvalue weighted by Crippen LogP contribution is -2.14. The van der Waals surface area contributed by atoms with E-state index in [4.69, 9.17) is 11.6 Å². The maximum Gasteiger partial charge on any atom is 0.337 e. The van der Waals surface area contributed by atoms with Crippen LogP contribution in [0.1, 0.15) is 22.8 Å². The minimum Gasteiger partial charge on any atom is -0.478 e. The molecule has 0 aliphatic heterocycles. The van der Waals surface area contributed by atoms with E-state index in [9.17, 15) is 9.90 Å². The van der Waals surface area contributed by atoms with Crippen molar-refractivity contribution in [3.63, 3.8) is 0 Å². The van der Waals surface area contributed by atoms with Gasteiger partial charge in [-0.1, -0.05) is 30.7 Å². The standard InChI is InChI=1S/C16H16ClNO2/c1-3-11-4-7-13(8-5-11)18(2)15-10-12(17)6-9-14(15)16(19)20/h4-10H,3H2,1-2H3,(H,19,20). The van der Waals surface area contributed by atoms with Crippen molar-refractivity contribution in [3.05, 3.63) is 58.6 Å². The van der Waals surface area contributed by atoms with Crippen LogP contribution in [-0.4, -0.2) is 18.1 Å². The van der Waals surface area contributed by atoms with Crippen LogP contribution in [-0.2, 0) is 6.42 Å². The molecule has 4 heteroatoms. The van der Waals surface area contributed by atoms with Gasteiger partial charge in [-0.2, -0.15) is 0 Å². The zero-order valence-corrected chi connectivity index (χ0v) is 12.2. The van der Waals surface area contributed by atoms with E-state index in [-0.39, 0.29) is 5.56 Å². The van der Waals surface area contributed by atoms with Crippen LogP contribution in [0.3, 0.4) is 0 Å². The Kier molecular flexibility index (Phi) is 4.30. The van der Waals surface area contributed by atoms with Crippen molar-refractivity contribution in [1.82, 2.24) is 0 Å². The van der Waals surface area contributed by atoms with Gasteiger partial charge in [0.1, 0.15) is 0 Å². The molecule has 0 unspecified atom stereocenters. The van der Waals surface area contributed by atoms with Gasteiger partial charge in [0, 0.05) is 17.8 Å².